The van der Waals surface area contributed by atoms with Crippen LogP contribution >= 0.6 is 11.3 Å². The zero-order valence-corrected chi connectivity index (χ0v) is 9.92. The molecule has 1 aromatic heterocycles. The van der Waals surface area contributed by atoms with Gasteiger partial charge >= 0.3 is 0 Å². The van der Waals surface area contributed by atoms with Crippen molar-refractivity contribution in [3.8, 4) is 0 Å². The van der Waals surface area contributed by atoms with Gasteiger partial charge in [0.2, 0.25) is 0 Å². The number of hydrogen-bond acceptors (Lipinski definition) is 2. The molecule has 15 heavy (non-hydrogen) atoms. The van der Waals surface area contributed by atoms with Gasteiger partial charge in [-0.25, -0.2) is 4.98 Å². The molecule has 1 nitrogen and oxygen atoms in total. The Morgan fingerprint density at radius 3 is 3.00 bits per heavy atom. The normalized spacial score (nSPS) is 25.0. The summed E-state index contributed by atoms with van der Waals surface area (Å²) in [4.78, 5) is 4.31. The van der Waals surface area contributed by atoms with Gasteiger partial charge in [-0.1, -0.05) is 19.9 Å². The molecule has 2 atom stereocenters. The molecule has 1 aliphatic rings. The molecule has 1 fully saturated rings. The Morgan fingerprint density at radius 1 is 1.40 bits per heavy atom. The van der Waals surface area contributed by atoms with Crippen molar-refractivity contribution < 1.29 is 0 Å². The first kappa shape index (κ1) is 9.34. The van der Waals surface area contributed by atoms with Crippen LogP contribution < -0.4 is 0 Å². The summed E-state index contributed by atoms with van der Waals surface area (Å²) in [5.41, 5.74) is 4.59. The van der Waals surface area contributed by atoms with E-state index < -0.39 is 0 Å². The van der Waals surface area contributed by atoms with E-state index in [1.807, 2.05) is 5.51 Å². The SMILES string of the molecule is CC(C)[C@H]1C[C@@H]1c1ccc2ncsc2c1. The summed E-state index contributed by atoms with van der Waals surface area (Å²) in [5, 5.41) is 0. The van der Waals surface area contributed by atoms with E-state index in [1.54, 1.807) is 11.3 Å². The number of rotatable bonds is 2. The van der Waals surface area contributed by atoms with Gasteiger partial charge in [-0.3, -0.25) is 0 Å². The molecule has 0 bridgehead atoms. The lowest BCUT2D eigenvalue weighted by atomic mass is 10.0. The first-order chi connectivity index (χ1) is 7.25. The van der Waals surface area contributed by atoms with Crippen LogP contribution in [-0.2, 0) is 0 Å². The second-order valence-electron chi connectivity index (χ2n) is 4.83. The van der Waals surface area contributed by atoms with Crippen molar-refractivity contribution in [1.82, 2.24) is 4.98 Å². The van der Waals surface area contributed by atoms with Crippen LogP contribution in [0.15, 0.2) is 23.7 Å². The van der Waals surface area contributed by atoms with E-state index in [9.17, 15) is 0 Å². The third-order valence-electron chi connectivity index (χ3n) is 3.48. The van der Waals surface area contributed by atoms with Crippen molar-refractivity contribution in [2.45, 2.75) is 26.2 Å². The van der Waals surface area contributed by atoms with Crippen LogP contribution in [0.3, 0.4) is 0 Å². The standard InChI is InChI=1S/C13H15NS/c1-8(2)10-6-11(10)9-3-4-12-13(5-9)15-7-14-12/h3-5,7-8,10-11H,6H2,1-2H3/t10-,11-/m1/s1. The molecule has 78 valence electrons. The lowest BCUT2D eigenvalue weighted by molar-refractivity contribution is 0.549. The van der Waals surface area contributed by atoms with Crippen LogP contribution in [0.25, 0.3) is 10.2 Å². The number of hydrogen-bond donors (Lipinski definition) is 0. The molecule has 2 heteroatoms. The number of benzene rings is 1. The van der Waals surface area contributed by atoms with Crippen LogP contribution in [0.2, 0.25) is 0 Å². The summed E-state index contributed by atoms with van der Waals surface area (Å²) >= 11 is 1.75. The minimum absolute atomic E-state index is 0.816. The third-order valence-corrected chi connectivity index (χ3v) is 4.27. The molecule has 1 aromatic carbocycles. The highest BCUT2D eigenvalue weighted by molar-refractivity contribution is 7.16. The van der Waals surface area contributed by atoms with Crippen molar-refractivity contribution in [2.24, 2.45) is 11.8 Å². The maximum Gasteiger partial charge on any atom is 0.0812 e. The Balaban J connectivity index is 1.93. The fourth-order valence-corrected chi connectivity index (χ4v) is 3.16. The zero-order chi connectivity index (χ0) is 10.4. The molecule has 1 saturated carbocycles. The Bertz CT molecular complexity index is 486. The highest BCUT2D eigenvalue weighted by Gasteiger charge is 2.40. The Hall–Kier alpha value is -0.890. The van der Waals surface area contributed by atoms with E-state index in [1.165, 1.54) is 16.7 Å². The fraction of sp³-hybridized carbons (Fsp3) is 0.462. The van der Waals surface area contributed by atoms with Gasteiger partial charge in [0, 0.05) is 0 Å². The molecular weight excluding hydrogens is 202 g/mol. The minimum atomic E-state index is 0.816. The number of thiazole rings is 1. The molecule has 0 amide bonds. The van der Waals surface area contributed by atoms with Crippen LogP contribution in [0.5, 0.6) is 0 Å². The van der Waals surface area contributed by atoms with Crippen LogP contribution in [0, 0.1) is 11.8 Å². The molecule has 0 aliphatic heterocycles. The van der Waals surface area contributed by atoms with Gasteiger partial charge in [0.1, 0.15) is 0 Å². The molecule has 1 aliphatic carbocycles. The molecule has 1 heterocycles. The topological polar surface area (TPSA) is 12.9 Å². The molecule has 0 unspecified atom stereocenters. The maximum absolute atomic E-state index is 4.31. The van der Waals surface area contributed by atoms with Crippen molar-refractivity contribution in [2.75, 3.05) is 0 Å². The minimum Gasteiger partial charge on any atom is -0.245 e. The summed E-state index contributed by atoms with van der Waals surface area (Å²) < 4.78 is 1.34. The van der Waals surface area contributed by atoms with Crippen molar-refractivity contribution in [1.29, 1.82) is 0 Å². The van der Waals surface area contributed by atoms with Gasteiger partial charge in [0.05, 0.1) is 15.7 Å². The lowest BCUT2D eigenvalue weighted by Crippen LogP contribution is -1.92. The predicted octanol–water partition coefficient (Wildman–Crippen LogP) is 4.06. The van der Waals surface area contributed by atoms with E-state index >= 15 is 0 Å². The summed E-state index contributed by atoms with van der Waals surface area (Å²) in [5.74, 6) is 2.55. The Labute approximate surface area is 94.2 Å². The lowest BCUT2D eigenvalue weighted by Gasteiger charge is -2.03. The average Bonchev–Trinajstić information content (AvgIpc) is 2.89. The zero-order valence-electron chi connectivity index (χ0n) is 9.10. The van der Waals surface area contributed by atoms with Crippen LogP contribution in [0.4, 0.5) is 0 Å². The summed E-state index contributed by atoms with van der Waals surface area (Å²) in [6, 6.07) is 6.76. The Kier molecular flexibility index (Phi) is 2.06. The van der Waals surface area contributed by atoms with Gasteiger partial charge in [0.15, 0.2) is 0 Å². The molecular formula is C13H15NS. The largest absolute Gasteiger partial charge is 0.245 e. The summed E-state index contributed by atoms with van der Waals surface area (Å²) in [6.07, 6.45) is 1.38. The highest BCUT2D eigenvalue weighted by Crippen LogP contribution is 2.52. The molecule has 0 saturated heterocycles. The maximum atomic E-state index is 4.31. The van der Waals surface area contributed by atoms with Crippen LogP contribution in [0.1, 0.15) is 31.7 Å². The highest BCUT2D eigenvalue weighted by atomic mass is 32.1. The second kappa shape index (κ2) is 3.31. The van der Waals surface area contributed by atoms with Gasteiger partial charge in [-0.15, -0.1) is 11.3 Å². The van der Waals surface area contributed by atoms with E-state index in [-0.39, 0.29) is 0 Å². The average molecular weight is 217 g/mol. The quantitative estimate of drug-likeness (QED) is 0.739. The van der Waals surface area contributed by atoms with Crippen molar-refractivity contribution >= 4 is 21.6 Å². The molecule has 3 rings (SSSR count). The molecule has 0 spiro atoms. The third kappa shape index (κ3) is 1.57. The van der Waals surface area contributed by atoms with Gasteiger partial charge in [0.25, 0.3) is 0 Å². The molecule has 0 N–H and O–H groups in total. The number of nitrogens with zero attached hydrogens (tertiary/aromatic N) is 1. The Morgan fingerprint density at radius 2 is 2.27 bits per heavy atom. The second-order valence-corrected chi connectivity index (χ2v) is 5.72. The van der Waals surface area contributed by atoms with Crippen molar-refractivity contribution in [3.63, 3.8) is 0 Å². The first-order valence-corrected chi connectivity index (χ1v) is 6.47. The smallest absolute Gasteiger partial charge is 0.0812 e. The van der Waals surface area contributed by atoms with Crippen LogP contribution in [-0.4, -0.2) is 4.98 Å². The molecule has 0 radical (unpaired) electrons. The number of fused-ring (bicyclic) bond motifs is 1. The predicted molar refractivity (Wildman–Crippen MR) is 65.3 cm³/mol. The first-order valence-electron chi connectivity index (χ1n) is 5.59. The van der Waals surface area contributed by atoms with Crippen molar-refractivity contribution in [3.05, 3.63) is 29.3 Å². The van der Waals surface area contributed by atoms with E-state index in [0.29, 0.717) is 0 Å². The number of aromatic nitrogens is 1. The monoisotopic (exact) mass is 217 g/mol. The van der Waals surface area contributed by atoms with E-state index in [2.05, 4.69) is 37.0 Å². The summed E-state index contributed by atoms with van der Waals surface area (Å²) in [7, 11) is 0. The van der Waals surface area contributed by atoms with Gasteiger partial charge < -0.3 is 0 Å². The van der Waals surface area contributed by atoms with E-state index in [4.69, 9.17) is 0 Å². The van der Waals surface area contributed by atoms with Gasteiger partial charge in [-0.2, -0.15) is 0 Å². The molecule has 2 aromatic rings. The van der Waals surface area contributed by atoms with Gasteiger partial charge in [-0.05, 0) is 41.9 Å². The summed E-state index contributed by atoms with van der Waals surface area (Å²) in [6.45, 7) is 4.66. The van der Waals surface area contributed by atoms with E-state index in [0.717, 1.165) is 23.3 Å². The fourth-order valence-electron chi connectivity index (χ4n) is 2.44.